The highest BCUT2D eigenvalue weighted by molar-refractivity contribution is 9.10. The van der Waals surface area contributed by atoms with Crippen LogP contribution in [0.15, 0.2) is 40.9 Å². The second-order valence-electron chi connectivity index (χ2n) is 3.96. The minimum atomic E-state index is 0.319. The van der Waals surface area contributed by atoms with E-state index in [2.05, 4.69) is 15.9 Å². The summed E-state index contributed by atoms with van der Waals surface area (Å²) in [5, 5.41) is 1.20. The lowest BCUT2D eigenvalue weighted by atomic mass is 10.2. The van der Waals surface area contributed by atoms with E-state index in [0.29, 0.717) is 23.2 Å². The lowest BCUT2D eigenvalue weighted by Gasteiger charge is -2.11. The van der Waals surface area contributed by atoms with Crippen LogP contribution in [-0.4, -0.2) is 0 Å². The van der Waals surface area contributed by atoms with Crippen LogP contribution < -0.4 is 10.5 Å². The van der Waals surface area contributed by atoms with Crippen molar-refractivity contribution in [3.8, 4) is 5.75 Å². The maximum atomic E-state index is 6.09. The molecule has 0 radical (unpaired) electrons. The molecule has 5 heteroatoms. The third-order valence-corrected chi connectivity index (χ3v) is 3.99. The Hall–Kier alpha value is -0.740. The van der Waals surface area contributed by atoms with Gasteiger partial charge in [-0.2, -0.15) is 0 Å². The Bertz CT molecular complexity index is 569. The quantitative estimate of drug-likeness (QED) is 0.850. The van der Waals surface area contributed by atoms with Crippen LogP contribution in [0.2, 0.25) is 10.0 Å². The van der Waals surface area contributed by atoms with E-state index in [0.717, 1.165) is 21.3 Å². The van der Waals surface area contributed by atoms with E-state index < -0.39 is 0 Å². The van der Waals surface area contributed by atoms with E-state index in [1.165, 1.54) is 0 Å². The van der Waals surface area contributed by atoms with Gasteiger partial charge in [0, 0.05) is 22.2 Å². The molecule has 0 fully saturated rings. The molecule has 0 unspecified atom stereocenters. The summed E-state index contributed by atoms with van der Waals surface area (Å²) in [7, 11) is 0. The normalized spacial score (nSPS) is 10.5. The molecule has 0 aliphatic rings. The minimum Gasteiger partial charge on any atom is -0.488 e. The SMILES string of the molecule is NCc1ccc(OCc2c(Cl)cccc2Cl)c(Br)c1. The molecule has 2 N–H and O–H groups in total. The molecule has 0 spiro atoms. The van der Waals surface area contributed by atoms with Crippen LogP contribution in [0.3, 0.4) is 0 Å². The monoisotopic (exact) mass is 359 g/mol. The summed E-state index contributed by atoms with van der Waals surface area (Å²) >= 11 is 15.6. The molecule has 0 atom stereocenters. The predicted molar refractivity (Wildman–Crippen MR) is 82.8 cm³/mol. The molecule has 0 aliphatic heterocycles. The third-order valence-electron chi connectivity index (χ3n) is 2.67. The van der Waals surface area contributed by atoms with Crippen LogP contribution in [0.4, 0.5) is 0 Å². The van der Waals surface area contributed by atoms with Crippen LogP contribution in [0.5, 0.6) is 5.75 Å². The van der Waals surface area contributed by atoms with Gasteiger partial charge in [-0.25, -0.2) is 0 Å². The van der Waals surface area contributed by atoms with E-state index >= 15 is 0 Å². The van der Waals surface area contributed by atoms with E-state index in [1.54, 1.807) is 18.2 Å². The zero-order valence-electron chi connectivity index (χ0n) is 10.00. The predicted octanol–water partition coefficient (Wildman–Crippen LogP) is 4.79. The van der Waals surface area contributed by atoms with Crippen molar-refractivity contribution in [2.75, 3.05) is 0 Å². The molecule has 2 aromatic rings. The molecule has 0 bridgehead atoms. The van der Waals surface area contributed by atoms with E-state index in [4.69, 9.17) is 33.7 Å². The number of hydrogen-bond donors (Lipinski definition) is 1. The van der Waals surface area contributed by atoms with E-state index in [1.807, 2.05) is 18.2 Å². The van der Waals surface area contributed by atoms with Gasteiger partial charge in [0.25, 0.3) is 0 Å². The standard InChI is InChI=1S/C14H12BrCl2NO/c15-11-6-9(7-18)4-5-14(11)19-8-10-12(16)2-1-3-13(10)17/h1-6H,7-8,18H2. The number of hydrogen-bond acceptors (Lipinski definition) is 2. The summed E-state index contributed by atoms with van der Waals surface area (Å²) in [6, 6.07) is 11.1. The Morgan fingerprint density at radius 1 is 1.11 bits per heavy atom. The number of halogens is 3. The molecule has 2 nitrogen and oxygen atoms in total. The van der Waals surface area contributed by atoms with E-state index in [9.17, 15) is 0 Å². The van der Waals surface area contributed by atoms with Gasteiger partial charge in [-0.15, -0.1) is 0 Å². The van der Waals surface area contributed by atoms with Crippen molar-refractivity contribution < 1.29 is 4.74 Å². The fourth-order valence-electron chi connectivity index (χ4n) is 1.61. The molecule has 0 aromatic heterocycles. The molecular weight excluding hydrogens is 349 g/mol. The van der Waals surface area contributed by atoms with Crippen molar-refractivity contribution in [1.29, 1.82) is 0 Å². The Balaban J connectivity index is 2.15. The van der Waals surface area contributed by atoms with Crippen LogP contribution >= 0.6 is 39.1 Å². The third kappa shape index (κ3) is 3.63. The first-order valence-electron chi connectivity index (χ1n) is 5.66. The number of nitrogens with two attached hydrogens (primary N) is 1. The van der Waals surface area contributed by atoms with Gasteiger partial charge in [0.15, 0.2) is 0 Å². The van der Waals surface area contributed by atoms with Crippen molar-refractivity contribution in [3.05, 3.63) is 62.0 Å². The molecule has 19 heavy (non-hydrogen) atoms. The fourth-order valence-corrected chi connectivity index (χ4v) is 2.66. The summed E-state index contributed by atoms with van der Waals surface area (Å²) in [6.45, 7) is 0.814. The van der Waals surface area contributed by atoms with Crippen LogP contribution in [-0.2, 0) is 13.2 Å². The van der Waals surface area contributed by atoms with Gasteiger partial charge in [0.1, 0.15) is 12.4 Å². The zero-order chi connectivity index (χ0) is 13.8. The van der Waals surface area contributed by atoms with Crippen molar-refractivity contribution in [1.82, 2.24) is 0 Å². The molecule has 100 valence electrons. The molecule has 0 amide bonds. The molecule has 2 aromatic carbocycles. The molecule has 0 saturated carbocycles. The van der Waals surface area contributed by atoms with Crippen LogP contribution in [0, 0.1) is 0 Å². The Morgan fingerprint density at radius 3 is 2.37 bits per heavy atom. The summed E-state index contributed by atoms with van der Waals surface area (Å²) in [5.41, 5.74) is 7.39. The average Bonchev–Trinajstić information content (AvgIpc) is 2.39. The Labute approximate surface area is 130 Å². The lowest BCUT2D eigenvalue weighted by Crippen LogP contribution is -2.00. The smallest absolute Gasteiger partial charge is 0.134 e. The number of benzene rings is 2. The second kappa shape index (κ2) is 6.62. The highest BCUT2D eigenvalue weighted by Crippen LogP contribution is 2.29. The van der Waals surface area contributed by atoms with Gasteiger partial charge in [0.05, 0.1) is 4.47 Å². The minimum absolute atomic E-state index is 0.319. The van der Waals surface area contributed by atoms with E-state index in [-0.39, 0.29) is 0 Å². The van der Waals surface area contributed by atoms with Gasteiger partial charge in [-0.3, -0.25) is 0 Å². The maximum Gasteiger partial charge on any atom is 0.134 e. The maximum absolute atomic E-state index is 6.09. The van der Waals surface area contributed by atoms with Gasteiger partial charge in [-0.05, 0) is 45.8 Å². The first-order chi connectivity index (χ1) is 9.11. The molecular formula is C14H12BrCl2NO. The lowest BCUT2D eigenvalue weighted by molar-refractivity contribution is 0.304. The van der Waals surface area contributed by atoms with Crippen molar-refractivity contribution in [3.63, 3.8) is 0 Å². The van der Waals surface area contributed by atoms with Gasteiger partial charge in [-0.1, -0.05) is 35.3 Å². The number of rotatable bonds is 4. The van der Waals surface area contributed by atoms with Gasteiger partial charge in [0.2, 0.25) is 0 Å². The first kappa shape index (κ1) is 14.7. The fraction of sp³-hybridized carbons (Fsp3) is 0.143. The molecule has 0 heterocycles. The second-order valence-corrected chi connectivity index (χ2v) is 5.63. The van der Waals surface area contributed by atoms with Crippen LogP contribution in [0.1, 0.15) is 11.1 Å². The first-order valence-corrected chi connectivity index (χ1v) is 7.21. The van der Waals surface area contributed by atoms with Gasteiger partial charge < -0.3 is 10.5 Å². The summed E-state index contributed by atoms with van der Waals surface area (Å²) < 4.78 is 6.59. The van der Waals surface area contributed by atoms with Crippen molar-refractivity contribution >= 4 is 39.1 Å². The van der Waals surface area contributed by atoms with Crippen LogP contribution in [0.25, 0.3) is 0 Å². The Morgan fingerprint density at radius 2 is 1.79 bits per heavy atom. The number of ether oxygens (including phenoxy) is 1. The highest BCUT2D eigenvalue weighted by atomic mass is 79.9. The molecule has 0 aliphatic carbocycles. The summed E-state index contributed by atoms with van der Waals surface area (Å²) in [6.07, 6.45) is 0. The van der Waals surface area contributed by atoms with Crippen molar-refractivity contribution in [2.45, 2.75) is 13.2 Å². The summed E-state index contributed by atoms with van der Waals surface area (Å²) in [5.74, 6) is 0.730. The average molecular weight is 361 g/mol. The zero-order valence-corrected chi connectivity index (χ0v) is 13.1. The topological polar surface area (TPSA) is 35.2 Å². The van der Waals surface area contributed by atoms with Crippen molar-refractivity contribution in [2.24, 2.45) is 5.73 Å². The van der Waals surface area contributed by atoms with Gasteiger partial charge >= 0.3 is 0 Å². The Kier molecular flexibility index (Phi) is 5.11. The largest absolute Gasteiger partial charge is 0.488 e. The highest BCUT2D eigenvalue weighted by Gasteiger charge is 2.08. The summed E-state index contributed by atoms with van der Waals surface area (Å²) in [4.78, 5) is 0. The molecule has 2 rings (SSSR count). The molecule has 0 saturated heterocycles.